The Morgan fingerprint density at radius 2 is 1.58 bits per heavy atom. The lowest BCUT2D eigenvalue weighted by Gasteiger charge is -2.64. The number of allylic oxidation sites excluding steroid dienone is 2. The highest BCUT2D eigenvalue weighted by Gasteiger charge is 2.66. The van der Waals surface area contributed by atoms with E-state index in [0.717, 1.165) is 19.3 Å². The molecule has 3 saturated carbocycles. The zero-order valence-electron chi connectivity index (χ0n) is 16.1. The van der Waals surface area contributed by atoms with Gasteiger partial charge in [-0.15, -0.1) is 0 Å². The quantitative estimate of drug-likeness (QED) is 0.695. The summed E-state index contributed by atoms with van der Waals surface area (Å²) in [7, 11) is 0. The van der Waals surface area contributed by atoms with Crippen molar-refractivity contribution in [3.63, 3.8) is 0 Å². The molecule has 2 nitrogen and oxygen atoms in total. The fraction of sp³-hybridized carbons (Fsp3) is 0.864. The maximum atomic E-state index is 12.5. The maximum Gasteiger partial charge on any atom is 0.161 e. The van der Waals surface area contributed by atoms with Crippen molar-refractivity contribution in [3.8, 4) is 0 Å². The number of carbonyl (C=O) groups excluding carboxylic acids is 1. The number of aliphatic hydroxyl groups is 1. The summed E-state index contributed by atoms with van der Waals surface area (Å²) in [4.78, 5) is 12.5. The summed E-state index contributed by atoms with van der Waals surface area (Å²) in [5.41, 5.74) is 0.243. The molecule has 4 rings (SSSR count). The van der Waals surface area contributed by atoms with E-state index in [-0.39, 0.29) is 27.8 Å². The van der Waals surface area contributed by atoms with Crippen LogP contribution in [0.3, 0.4) is 0 Å². The molecule has 3 fully saturated rings. The molecule has 0 radical (unpaired) electrons. The van der Waals surface area contributed by atoms with Gasteiger partial charge in [0.2, 0.25) is 0 Å². The predicted molar refractivity (Wildman–Crippen MR) is 96.4 cm³/mol. The van der Waals surface area contributed by atoms with Crippen molar-refractivity contribution >= 4 is 5.78 Å². The Labute approximate surface area is 147 Å². The first-order valence-corrected chi connectivity index (χ1v) is 9.99. The van der Waals surface area contributed by atoms with Crippen molar-refractivity contribution in [2.24, 2.45) is 39.4 Å². The molecular weight excluding hydrogens is 296 g/mol. The molecule has 0 heterocycles. The number of ketones is 1. The van der Waals surface area contributed by atoms with E-state index < -0.39 is 0 Å². The molecule has 7 atom stereocenters. The lowest BCUT2D eigenvalue weighted by molar-refractivity contribution is -0.163. The average Bonchev–Trinajstić information content (AvgIpc) is 2.76. The van der Waals surface area contributed by atoms with Crippen LogP contribution in [0.1, 0.15) is 73.1 Å². The standard InChI is InChI=1S/C22H34O2/c1-19(2)16-7-6-15-14(20(16,3)11-9-17(19)23)8-12-22(5)18(24)10-13-21(15,22)4/h9,11,14-16,18,24H,6-8,10,12-13H2,1-5H3/t14-,15+,16-,18-,20+,21-,22+/m0/s1. The van der Waals surface area contributed by atoms with Crippen LogP contribution in [0.5, 0.6) is 0 Å². The van der Waals surface area contributed by atoms with Crippen LogP contribution in [0.15, 0.2) is 12.2 Å². The van der Waals surface area contributed by atoms with Gasteiger partial charge in [-0.2, -0.15) is 0 Å². The Morgan fingerprint density at radius 1 is 0.917 bits per heavy atom. The summed E-state index contributed by atoms with van der Waals surface area (Å²) >= 11 is 0. The van der Waals surface area contributed by atoms with Crippen LogP contribution < -0.4 is 0 Å². The number of rotatable bonds is 0. The number of carbonyl (C=O) groups is 1. The van der Waals surface area contributed by atoms with Crippen molar-refractivity contribution in [2.45, 2.75) is 79.2 Å². The van der Waals surface area contributed by atoms with Gasteiger partial charge in [0.15, 0.2) is 5.78 Å². The number of hydrogen-bond acceptors (Lipinski definition) is 2. The molecule has 134 valence electrons. The minimum Gasteiger partial charge on any atom is -0.393 e. The third-order valence-corrected chi connectivity index (χ3v) is 9.67. The van der Waals surface area contributed by atoms with Crippen molar-refractivity contribution in [2.75, 3.05) is 0 Å². The molecule has 0 spiro atoms. The lowest BCUT2D eigenvalue weighted by Crippen LogP contribution is -2.60. The second-order valence-electron chi connectivity index (χ2n) is 10.6. The summed E-state index contributed by atoms with van der Waals surface area (Å²) in [6.45, 7) is 11.6. The predicted octanol–water partition coefficient (Wildman–Crippen LogP) is 4.76. The fourth-order valence-electron chi connectivity index (χ4n) is 7.78. The summed E-state index contributed by atoms with van der Waals surface area (Å²) in [6.07, 6.45) is 10.9. The largest absolute Gasteiger partial charge is 0.393 e. The van der Waals surface area contributed by atoms with Crippen LogP contribution in [0.25, 0.3) is 0 Å². The third kappa shape index (κ3) is 1.74. The zero-order valence-corrected chi connectivity index (χ0v) is 16.1. The van der Waals surface area contributed by atoms with Crippen LogP contribution in [-0.2, 0) is 4.79 Å². The highest BCUT2D eigenvalue weighted by atomic mass is 16.3. The molecule has 2 heteroatoms. The van der Waals surface area contributed by atoms with Crippen molar-refractivity contribution in [1.82, 2.24) is 0 Å². The molecule has 0 aromatic rings. The lowest BCUT2D eigenvalue weighted by atomic mass is 9.40. The van der Waals surface area contributed by atoms with Crippen molar-refractivity contribution in [1.29, 1.82) is 0 Å². The van der Waals surface area contributed by atoms with Gasteiger partial charge >= 0.3 is 0 Å². The van der Waals surface area contributed by atoms with Crippen LogP contribution in [0, 0.1) is 39.4 Å². The molecule has 24 heavy (non-hydrogen) atoms. The topological polar surface area (TPSA) is 37.3 Å². The van der Waals surface area contributed by atoms with E-state index in [1.54, 1.807) is 0 Å². The summed E-state index contributed by atoms with van der Waals surface area (Å²) in [5.74, 6) is 2.11. The Balaban J connectivity index is 1.77. The normalized spacial score (nSPS) is 55.7. The van der Waals surface area contributed by atoms with Gasteiger partial charge in [-0.05, 0) is 78.6 Å². The van der Waals surface area contributed by atoms with E-state index >= 15 is 0 Å². The first-order valence-electron chi connectivity index (χ1n) is 9.99. The molecule has 4 aliphatic carbocycles. The summed E-state index contributed by atoms with van der Waals surface area (Å²) in [6, 6.07) is 0. The minimum absolute atomic E-state index is 0.0844. The minimum atomic E-state index is -0.231. The van der Waals surface area contributed by atoms with Crippen LogP contribution in [-0.4, -0.2) is 17.0 Å². The third-order valence-electron chi connectivity index (χ3n) is 9.67. The average molecular weight is 331 g/mol. The second-order valence-corrected chi connectivity index (χ2v) is 10.6. The van der Waals surface area contributed by atoms with E-state index in [9.17, 15) is 9.90 Å². The molecule has 0 aromatic carbocycles. The highest BCUT2D eigenvalue weighted by molar-refractivity contribution is 5.95. The molecule has 0 amide bonds. The van der Waals surface area contributed by atoms with Gasteiger partial charge in [0, 0.05) is 5.41 Å². The number of fused-ring (bicyclic) bond motifs is 5. The molecule has 0 aromatic heterocycles. The number of aliphatic hydroxyl groups excluding tert-OH is 1. The van der Waals surface area contributed by atoms with E-state index in [1.807, 2.05) is 6.08 Å². The van der Waals surface area contributed by atoms with Gasteiger partial charge in [0.25, 0.3) is 0 Å². The summed E-state index contributed by atoms with van der Waals surface area (Å²) < 4.78 is 0. The van der Waals surface area contributed by atoms with Gasteiger partial charge in [0.1, 0.15) is 0 Å². The molecular formula is C22H34O2. The molecule has 1 N–H and O–H groups in total. The molecule has 0 saturated heterocycles. The smallest absolute Gasteiger partial charge is 0.161 e. The van der Waals surface area contributed by atoms with Gasteiger partial charge in [-0.25, -0.2) is 0 Å². The second kappa shape index (κ2) is 4.75. The Morgan fingerprint density at radius 3 is 2.29 bits per heavy atom. The Hall–Kier alpha value is -0.630. The van der Waals surface area contributed by atoms with E-state index in [1.165, 1.54) is 19.3 Å². The molecule has 0 bridgehead atoms. The Bertz CT molecular complexity index is 605. The first-order chi connectivity index (χ1) is 11.1. The van der Waals surface area contributed by atoms with Gasteiger partial charge in [-0.1, -0.05) is 40.7 Å². The van der Waals surface area contributed by atoms with Crippen molar-refractivity contribution in [3.05, 3.63) is 12.2 Å². The van der Waals surface area contributed by atoms with Gasteiger partial charge in [-0.3, -0.25) is 4.79 Å². The first kappa shape index (κ1) is 16.8. The van der Waals surface area contributed by atoms with Crippen LogP contribution in [0.2, 0.25) is 0 Å². The molecule has 4 aliphatic rings. The molecule has 0 aliphatic heterocycles. The van der Waals surface area contributed by atoms with E-state index in [2.05, 4.69) is 40.7 Å². The van der Waals surface area contributed by atoms with E-state index in [4.69, 9.17) is 0 Å². The van der Waals surface area contributed by atoms with Crippen molar-refractivity contribution < 1.29 is 9.90 Å². The van der Waals surface area contributed by atoms with Crippen LogP contribution >= 0.6 is 0 Å². The zero-order chi connectivity index (χ0) is 17.5. The maximum absolute atomic E-state index is 12.5. The SMILES string of the molecule is CC1(C)C(=O)C=C[C@]2(C)[C@H]3CC[C@]4(C)[C@@H](O)CC[C@@]4(C)[C@@H]3CC[C@@H]12. The van der Waals surface area contributed by atoms with E-state index in [0.29, 0.717) is 23.5 Å². The number of hydrogen-bond donors (Lipinski definition) is 1. The Kier molecular flexibility index (Phi) is 3.33. The van der Waals surface area contributed by atoms with Gasteiger partial charge < -0.3 is 5.11 Å². The monoisotopic (exact) mass is 330 g/mol. The molecule has 0 unspecified atom stereocenters. The fourth-order valence-corrected chi connectivity index (χ4v) is 7.78. The van der Waals surface area contributed by atoms with Gasteiger partial charge in [0.05, 0.1) is 6.10 Å². The van der Waals surface area contributed by atoms with Crippen LogP contribution in [0.4, 0.5) is 0 Å². The highest BCUT2D eigenvalue weighted by Crippen LogP contribution is 2.71. The summed E-state index contributed by atoms with van der Waals surface area (Å²) in [5, 5.41) is 10.7.